The van der Waals surface area contributed by atoms with E-state index in [9.17, 15) is 4.79 Å². The van der Waals surface area contributed by atoms with Gasteiger partial charge >= 0.3 is 0 Å². The highest BCUT2D eigenvalue weighted by Gasteiger charge is 2.29. The van der Waals surface area contributed by atoms with Crippen molar-refractivity contribution in [3.05, 3.63) is 42.1 Å². The van der Waals surface area contributed by atoms with Crippen LogP contribution < -0.4 is 5.73 Å². The first-order valence-electron chi connectivity index (χ1n) is 7.05. The monoisotopic (exact) mass is 341 g/mol. The van der Waals surface area contributed by atoms with Crippen molar-refractivity contribution < 1.29 is 4.79 Å². The molecule has 1 fully saturated rings. The molecule has 2 atom stereocenters. The average Bonchev–Trinajstić information content (AvgIpc) is 2.96. The number of fused-ring (bicyclic) bond motifs is 1. The van der Waals surface area contributed by atoms with E-state index in [1.165, 1.54) is 0 Å². The molecule has 1 aromatic carbocycles. The van der Waals surface area contributed by atoms with Crippen molar-refractivity contribution in [3.63, 3.8) is 0 Å². The number of hydrogen-bond donors (Lipinski definition) is 1. The maximum absolute atomic E-state index is 12.7. The first kappa shape index (κ1) is 18.7. The van der Waals surface area contributed by atoms with Gasteiger partial charge in [-0.15, -0.1) is 24.8 Å². The molecule has 0 aliphatic carbocycles. The Balaban J connectivity index is 0.00000121. The molecular weight excluding hydrogens is 321 g/mol. The molecular formula is C16H21Cl2N3O. The summed E-state index contributed by atoms with van der Waals surface area (Å²) in [7, 11) is 0. The van der Waals surface area contributed by atoms with Gasteiger partial charge < -0.3 is 10.6 Å². The van der Waals surface area contributed by atoms with Crippen LogP contribution in [0.2, 0.25) is 0 Å². The van der Waals surface area contributed by atoms with Crippen LogP contribution in [0.4, 0.5) is 0 Å². The van der Waals surface area contributed by atoms with Crippen LogP contribution >= 0.6 is 24.8 Å². The number of nitrogens with two attached hydrogens (primary N) is 1. The summed E-state index contributed by atoms with van der Waals surface area (Å²) in [6.07, 6.45) is 2.72. The lowest BCUT2D eigenvalue weighted by Gasteiger charge is -2.18. The number of pyridine rings is 1. The molecule has 1 aliphatic heterocycles. The Hall–Kier alpha value is -1.36. The van der Waals surface area contributed by atoms with E-state index in [2.05, 4.69) is 4.98 Å². The second-order valence-electron chi connectivity index (χ2n) is 5.54. The van der Waals surface area contributed by atoms with E-state index in [0.29, 0.717) is 11.5 Å². The zero-order valence-electron chi connectivity index (χ0n) is 12.4. The summed E-state index contributed by atoms with van der Waals surface area (Å²) in [6.45, 7) is 3.55. The Morgan fingerprint density at radius 2 is 2.05 bits per heavy atom. The molecule has 4 nitrogen and oxygen atoms in total. The molecule has 2 unspecified atom stereocenters. The minimum Gasteiger partial charge on any atom is -0.338 e. The van der Waals surface area contributed by atoms with Crippen LogP contribution in [0.5, 0.6) is 0 Å². The number of para-hydroxylation sites is 1. The van der Waals surface area contributed by atoms with E-state index >= 15 is 0 Å². The number of carbonyl (C=O) groups is 1. The van der Waals surface area contributed by atoms with Crippen LogP contribution in [0.25, 0.3) is 10.9 Å². The van der Waals surface area contributed by atoms with E-state index < -0.39 is 0 Å². The number of halogens is 2. The minimum absolute atomic E-state index is 0. The molecule has 120 valence electrons. The SMILES string of the molecule is CC(N)C1CCN(C(=O)c2cccc3cccnc23)C1.Cl.Cl. The lowest BCUT2D eigenvalue weighted by atomic mass is 10.0. The predicted molar refractivity (Wildman–Crippen MR) is 93.9 cm³/mol. The fourth-order valence-corrected chi connectivity index (χ4v) is 2.85. The summed E-state index contributed by atoms with van der Waals surface area (Å²) in [6, 6.07) is 9.76. The molecule has 2 aromatic rings. The van der Waals surface area contributed by atoms with Gasteiger partial charge in [-0.2, -0.15) is 0 Å². The van der Waals surface area contributed by atoms with Gasteiger partial charge in [-0.25, -0.2) is 0 Å². The highest BCUT2D eigenvalue weighted by Crippen LogP contribution is 2.23. The third kappa shape index (κ3) is 3.51. The van der Waals surface area contributed by atoms with Crippen molar-refractivity contribution in [1.82, 2.24) is 9.88 Å². The summed E-state index contributed by atoms with van der Waals surface area (Å²) in [5, 5.41) is 1.00. The maximum Gasteiger partial charge on any atom is 0.256 e. The predicted octanol–water partition coefficient (Wildman–Crippen LogP) is 2.89. The van der Waals surface area contributed by atoms with Gasteiger partial charge in [0.25, 0.3) is 5.91 Å². The van der Waals surface area contributed by atoms with Gasteiger partial charge in [-0.1, -0.05) is 18.2 Å². The summed E-state index contributed by atoms with van der Waals surface area (Å²) in [5.41, 5.74) is 7.41. The van der Waals surface area contributed by atoms with Gasteiger partial charge in [0, 0.05) is 30.7 Å². The standard InChI is InChI=1S/C16H19N3O.2ClH/c1-11(17)13-7-9-19(10-13)16(20)14-6-2-4-12-5-3-8-18-15(12)14;;/h2-6,8,11,13H,7,9-10,17H2,1H3;2*1H. The van der Waals surface area contributed by atoms with E-state index in [1.54, 1.807) is 6.20 Å². The lowest BCUT2D eigenvalue weighted by molar-refractivity contribution is 0.0787. The van der Waals surface area contributed by atoms with Gasteiger partial charge in [-0.3, -0.25) is 9.78 Å². The van der Waals surface area contributed by atoms with Crippen molar-refractivity contribution in [2.24, 2.45) is 11.7 Å². The number of likely N-dealkylation sites (tertiary alicyclic amines) is 1. The Bertz CT molecular complexity index is 643. The Kier molecular flexibility index (Phi) is 6.60. The van der Waals surface area contributed by atoms with E-state index in [1.807, 2.05) is 42.2 Å². The van der Waals surface area contributed by atoms with Gasteiger partial charge in [0.1, 0.15) is 0 Å². The van der Waals surface area contributed by atoms with E-state index in [-0.39, 0.29) is 36.8 Å². The molecule has 2 heterocycles. The third-order valence-corrected chi connectivity index (χ3v) is 4.12. The number of rotatable bonds is 2. The van der Waals surface area contributed by atoms with Crippen LogP contribution in [0.3, 0.4) is 0 Å². The number of nitrogens with zero attached hydrogens (tertiary/aromatic N) is 2. The second kappa shape index (κ2) is 7.77. The summed E-state index contributed by atoms with van der Waals surface area (Å²) in [4.78, 5) is 18.9. The minimum atomic E-state index is 0. The Labute approximate surface area is 142 Å². The molecule has 1 aliphatic rings. The largest absolute Gasteiger partial charge is 0.338 e. The van der Waals surface area contributed by atoms with Crippen LogP contribution in [-0.2, 0) is 0 Å². The highest BCUT2D eigenvalue weighted by atomic mass is 35.5. The van der Waals surface area contributed by atoms with E-state index in [0.717, 1.165) is 30.4 Å². The van der Waals surface area contributed by atoms with Crippen molar-refractivity contribution in [2.75, 3.05) is 13.1 Å². The molecule has 0 saturated carbocycles. The molecule has 0 bridgehead atoms. The van der Waals surface area contributed by atoms with Crippen molar-refractivity contribution >= 4 is 41.6 Å². The zero-order valence-corrected chi connectivity index (χ0v) is 14.1. The second-order valence-corrected chi connectivity index (χ2v) is 5.54. The molecule has 0 radical (unpaired) electrons. The Morgan fingerprint density at radius 1 is 1.32 bits per heavy atom. The molecule has 1 amide bonds. The van der Waals surface area contributed by atoms with Gasteiger partial charge in [0.2, 0.25) is 0 Å². The van der Waals surface area contributed by atoms with Crippen molar-refractivity contribution in [2.45, 2.75) is 19.4 Å². The quantitative estimate of drug-likeness (QED) is 0.913. The Morgan fingerprint density at radius 3 is 2.73 bits per heavy atom. The van der Waals surface area contributed by atoms with Crippen LogP contribution in [0.15, 0.2) is 36.5 Å². The summed E-state index contributed by atoms with van der Waals surface area (Å²) in [5.74, 6) is 0.472. The number of hydrogen-bond acceptors (Lipinski definition) is 3. The normalized spacial score (nSPS) is 18.5. The van der Waals surface area contributed by atoms with Gasteiger partial charge in [0.15, 0.2) is 0 Å². The third-order valence-electron chi connectivity index (χ3n) is 4.12. The zero-order chi connectivity index (χ0) is 14.1. The number of carbonyl (C=O) groups excluding carboxylic acids is 1. The smallest absolute Gasteiger partial charge is 0.256 e. The molecule has 0 spiro atoms. The molecule has 3 rings (SSSR count). The number of aromatic nitrogens is 1. The van der Waals surface area contributed by atoms with Gasteiger partial charge in [-0.05, 0) is 31.4 Å². The van der Waals surface area contributed by atoms with Crippen LogP contribution in [0, 0.1) is 5.92 Å². The fourth-order valence-electron chi connectivity index (χ4n) is 2.85. The molecule has 2 N–H and O–H groups in total. The van der Waals surface area contributed by atoms with Crippen molar-refractivity contribution in [3.8, 4) is 0 Å². The van der Waals surface area contributed by atoms with Crippen LogP contribution in [-0.4, -0.2) is 34.9 Å². The lowest BCUT2D eigenvalue weighted by Crippen LogP contribution is -2.33. The maximum atomic E-state index is 12.7. The molecule has 6 heteroatoms. The van der Waals surface area contributed by atoms with Crippen LogP contribution in [0.1, 0.15) is 23.7 Å². The fraction of sp³-hybridized carbons (Fsp3) is 0.375. The number of benzene rings is 1. The summed E-state index contributed by atoms with van der Waals surface area (Å²) >= 11 is 0. The molecule has 1 aromatic heterocycles. The topological polar surface area (TPSA) is 59.2 Å². The summed E-state index contributed by atoms with van der Waals surface area (Å²) < 4.78 is 0. The van der Waals surface area contributed by atoms with Gasteiger partial charge in [0.05, 0.1) is 11.1 Å². The first-order valence-corrected chi connectivity index (χ1v) is 7.05. The first-order chi connectivity index (χ1) is 9.66. The molecule has 1 saturated heterocycles. The highest BCUT2D eigenvalue weighted by molar-refractivity contribution is 6.05. The average molecular weight is 342 g/mol. The van der Waals surface area contributed by atoms with E-state index in [4.69, 9.17) is 5.73 Å². The molecule has 22 heavy (non-hydrogen) atoms. The van der Waals surface area contributed by atoms with Crippen molar-refractivity contribution in [1.29, 1.82) is 0 Å². The number of amides is 1.